The molecule has 1 saturated heterocycles. The summed E-state index contributed by atoms with van der Waals surface area (Å²) in [6, 6.07) is 5.87. The highest BCUT2D eigenvalue weighted by Gasteiger charge is 2.23. The maximum absolute atomic E-state index is 11.9. The third-order valence-corrected chi connectivity index (χ3v) is 4.61. The lowest BCUT2D eigenvalue weighted by Crippen LogP contribution is -2.39. The van der Waals surface area contributed by atoms with Crippen molar-refractivity contribution in [3.8, 4) is 0 Å². The number of amides is 3. The minimum atomic E-state index is -0.172. The van der Waals surface area contributed by atoms with E-state index in [4.69, 9.17) is 4.74 Å². The molecule has 0 spiro atoms. The number of hydrogen-bond acceptors (Lipinski definition) is 3. The Kier molecular flexibility index (Phi) is 5.35. The number of carbonyl (C=O) groups is 2. The summed E-state index contributed by atoms with van der Waals surface area (Å²) in [5.41, 5.74) is 3.23. The first kappa shape index (κ1) is 16.8. The molecule has 0 aromatic heterocycles. The van der Waals surface area contributed by atoms with E-state index in [9.17, 15) is 9.59 Å². The number of rotatable bonds is 5. The Bertz CT molecular complexity index is 612. The van der Waals surface area contributed by atoms with Crippen LogP contribution in [-0.2, 0) is 22.5 Å². The monoisotopic (exact) mass is 331 g/mol. The lowest BCUT2D eigenvalue weighted by Gasteiger charge is -2.16. The molecule has 2 N–H and O–H groups in total. The molecule has 0 aliphatic carbocycles. The van der Waals surface area contributed by atoms with Crippen molar-refractivity contribution in [2.45, 2.75) is 45.3 Å². The van der Waals surface area contributed by atoms with Gasteiger partial charge in [0.1, 0.15) is 0 Å². The molecular weight excluding hydrogens is 306 g/mol. The summed E-state index contributed by atoms with van der Waals surface area (Å²) in [6.07, 6.45) is 3.63. The highest BCUT2D eigenvalue weighted by molar-refractivity contribution is 5.95. The highest BCUT2D eigenvalue weighted by Crippen LogP contribution is 2.29. The molecule has 6 nitrogen and oxygen atoms in total. The van der Waals surface area contributed by atoms with Crippen molar-refractivity contribution in [2.75, 3.05) is 24.6 Å². The van der Waals surface area contributed by atoms with Crippen LogP contribution in [0, 0.1) is 0 Å². The van der Waals surface area contributed by atoms with Crippen molar-refractivity contribution < 1.29 is 14.3 Å². The Morgan fingerprint density at radius 3 is 2.96 bits per heavy atom. The summed E-state index contributed by atoms with van der Waals surface area (Å²) in [5.74, 6) is 0.160. The molecule has 24 heavy (non-hydrogen) atoms. The number of ether oxygens (including phenoxy) is 1. The molecular formula is C18H25N3O3. The molecule has 2 heterocycles. The molecule has 1 aromatic rings. The van der Waals surface area contributed by atoms with Crippen molar-refractivity contribution >= 4 is 17.6 Å². The van der Waals surface area contributed by atoms with Gasteiger partial charge in [0.2, 0.25) is 5.91 Å². The van der Waals surface area contributed by atoms with Crippen LogP contribution < -0.4 is 15.5 Å². The minimum Gasteiger partial charge on any atom is -0.376 e. The number of nitrogens with one attached hydrogen (secondary N) is 2. The molecule has 1 atom stereocenters. The largest absolute Gasteiger partial charge is 0.376 e. The quantitative estimate of drug-likeness (QED) is 0.866. The summed E-state index contributed by atoms with van der Waals surface area (Å²) in [4.78, 5) is 25.6. The third-order valence-electron chi connectivity index (χ3n) is 4.61. The zero-order valence-corrected chi connectivity index (χ0v) is 14.1. The second-order valence-electron chi connectivity index (χ2n) is 6.31. The molecule has 0 bridgehead atoms. The van der Waals surface area contributed by atoms with Crippen molar-refractivity contribution in [1.29, 1.82) is 0 Å². The van der Waals surface area contributed by atoms with E-state index < -0.39 is 0 Å². The van der Waals surface area contributed by atoms with E-state index in [2.05, 4.69) is 16.7 Å². The second kappa shape index (κ2) is 7.66. The van der Waals surface area contributed by atoms with Crippen LogP contribution in [0.5, 0.6) is 0 Å². The number of anilines is 1. The zero-order valence-electron chi connectivity index (χ0n) is 14.1. The van der Waals surface area contributed by atoms with Gasteiger partial charge in [0.25, 0.3) is 0 Å². The van der Waals surface area contributed by atoms with E-state index in [1.54, 1.807) is 0 Å². The molecule has 0 radical (unpaired) electrons. The fraction of sp³-hybridized carbons (Fsp3) is 0.556. The predicted molar refractivity (Wildman–Crippen MR) is 92.0 cm³/mol. The van der Waals surface area contributed by atoms with Gasteiger partial charge in [-0.25, -0.2) is 4.79 Å². The molecule has 0 unspecified atom stereocenters. The van der Waals surface area contributed by atoms with Crippen LogP contribution >= 0.6 is 0 Å². The van der Waals surface area contributed by atoms with Gasteiger partial charge >= 0.3 is 6.03 Å². The first-order valence-electron chi connectivity index (χ1n) is 8.73. The van der Waals surface area contributed by atoms with Gasteiger partial charge in [0, 0.05) is 38.3 Å². The summed E-state index contributed by atoms with van der Waals surface area (Å²) >= 11 is 0. The minimum absolute atomic E-state index is 0.151. The van der Waals surface area contributed by atoms with Crippen LogP contribution in [0.3, 0.4) is 0 Å². The average Bonchev–Trinajstić information content (AvgIpc) is 3.26. The molecule has 2 aliphatic heterocycles. The van der Waals surface area contributed by atoms with Crippen LogP contribution in [0.1, 0.15) is 37.3 Å². The topological polar surface area (TPSA) is 70.7 Å². The van der Waals surface area contributed by atoms with Gasteiger partial charge < -0.3 is 20.3 Å². The standard InChI is InChI=1S/C18H25N3O3/c1-2-17(22)21-8-7-14-10-13(5-6-16(14)21)11-19-18(23)20-12-15-4-3-9-24-15/h5-6,10,15H,2-4,7-9,11-12H2,1H3,(H2,19,20,23)/t15-/m1/s1. The smallest absolute Gasteiger partial charge is 0.315 e. The van der Waals surface area contributed by atoms with Crippen LogP contribution in [0.15, 0.2) is 18.2 Å². The van der Waals surface area contributed by atoms with Crippen LogP contribution in [0.25, 0.3) is 0 Å². The van der Waals surface area contributed by atoms with E-state index in [1.165, 1.54) is 5.56 Å². The summed E-state index contributed by atoms with van der Waals surface area (Å²) in [7, 11) is 0. The van der Waals surface area contributed by atoms with Crippen molar-refractivity contribution in [2.24, 2.45) is 0 Å². The number of carbonyl (C=O) groups excluding carboxylic acids is 2. The van der Waals surface area contributed by atoms with Crippen molar-refractivity contribution in [3.63, 3.8) is 0 Å². The van der Waals surface area contributed by atoms with Crippen molar-refractivity contribution in [3.05, 3.63) is 29.3 Å². The average molecular weight is 331 g/mol. The second-order valence-corrected chi connectivity index (χ2v) is 6.31. The Morgan fingerprint density at radius 1 is 1.33 bits per heavy atom. The fourth-order valence-corrected chi connectivity index (χ4v) is 3.27. The predicted octanol–water partition coefficient (Wildman–Crippen LogP) is 1.96. The number of fused-ring (bicyclic) bond motifs is 1. The Labute approximate surface area is 142 Å². The van der Waals surface area contributed by atoms with Gasteiger partial charge in [0.15, 0.2) is 0 Å². The number of hydrogen-bond donors (Lipinski definition) is 2. The first-order chi connectivity index (χ1) is 11.7. The number of urea groups is 1. The maximum atomic E-state index is 11.9. The Morgan fingerprint density at radius 2 is 2.21 bits per heavy atom. The molecule has 1 fully saturated rings. The lowest BCUT2D eigenvalue weighted by molar-refractivity contribution is -0.118. The molecule has 0 saturated carbocycles. The van der Waals surface area contributed by atoms with Crippen LogP contribution in [-0.4, -0.2) is 37.7 Å². The summed E-state index contributed by atoms with van der Waals surface area (Å²) in [5, 5.41) is 5.72. The fourth-order valence-electron chi connectivity index (χ4n) is 3.27. The normalized spacial score (nSPS) is 19.2. The summed E-state index contributed by atoms with van der Waals surface area (Å²) < 4.78 is 5.48. The molecule has 3 rings (SSSR count). The van der Waals surface area contributed by atoms with Gasteiger partial charge in [0.05, 0.1) is 6.10 Å². The molecule has 3 amide bonds. The van der Waals surface area contributed by atoms with E-state index in [0.717, 1.165) is 43.7 Å². The SMILES string of the molecule is CCC(=O)N1CCc2cc(CNC(=O)NC[C@H]3CCCO3)ccc21. The van der Waals surface area contributed by atoms with Crippen LogP contribution in [0.2, 0.25) is 0 Å². The Hall–Kier alpha value is -2.08. The van der Waals surface area contributed by atoms with Gasteiger partial charge in [-0.3, -0.25) is 4.79 Å². The van der Waals surface area contributed by atoms with Gasteiger partial charge in [-0.1, -0.05) is 19.1 Å². The van der Waals surface area contributed by atoms with Crippen LogP contribution in [0.4, 0.5) is 10.5 Å². The van der Waals surface area contributed by atoms with Gasteiger partial charge in [-0.2, -0.15) is 0 Å². The first-order valence-corrected chi connectivity index (χ1v) is 8.73. The van der Waals surface area contributed by atoms with E-state index >= 15 is 0 Å². The molecule has 130 valence electrons. The number of nitrogens with zero attached hydrogens (tertiary/aromatic N) is 1. The number of benzene rings is 1. The third kappa shape index (κ3) is 3.87. The zero-order chi connectivity index (χ0) is 16.9. The molecule has 6 heteroatoms. The molecule has 1 aromatic carbocycles. The lowest BCUT2D eigenvalue weighted by atomic mass is 10.1. The van der Waals surface area contributed by atoms with Gasteiger partial charge in [-0.05, 0) is 36.5 Å². The highest BCUT2D eigenvalue weighted by atomic mass is 16.5. The summed E-state index contributed by atoms with van der Waals surface area (Å²) in [6.45, 7) is 4.46. The van der Waals surface area contributed by atoms with Crippen molar-refractivity contribution in [1.82, 2.24) is 10.6 Å². The van der Waals surface area contributed by atoms with E-state index in [1.807, 2.05) is 24.0 Å². The van der Waals surface area contributed by atoms with E-state index in [-0.39, 0.29) is 18.0 Å². The molecule has 2 aliphatic rings. The Balaban J connectivity index is 1.49. The van der Waals surface area contributed by atoms with E-state index in [0.29, 0.717) is 19.5 Å². The maximum Gasteiger partial charge on any atom is 0.315 e. The van der Waals surface area contributed by atoms with Gasteiger partial charge in [-0.15, -0.1) is 0 Å².